The summed E-state index contributed by atoms with van der Waals surface area (Å²) in [7, 11) is 0. The monoisotopic (exact) mass is 302 g/mol. The molecule has 2 aliphatic heterocycles. The van der Waals surface area contributed by atoms with Crippen molar-refractivity contribution in [2.24, 2.45) is 0 Å². The average molecular weight is 302 g/mol. The number of thioether (sulfide) groups is 1. The number of hydrogen-bond donors (Lipinski definition) is 3. The van der Waals surface area contributed by atoms with Crippen LogP contribution >= 0.6 is 11.8 Å². The lowest BCUT2D eigenvalue weighted by Crippen LogP contribution is -2.42. The number of hydrogen-bond acceptors (Lipinski definition) is 4. The minimum absolute atomic E-state index is 0.189. The van der Waals surface area contributed by atoms with Gasteiger partial charge >= 0.3 is 12.0 Å². The normalized spacial score (nSPS) is 29.9. The molecule has 2 fully saturated rings. The fourth-order valence-corrected chi connectivity index (χ4v) is 3.72. The standard InChI is InChI=1S/C13H22N2O4S/c16-12(17)11-5-4-9(19-11)7-14-13(18)15-8-10-3-1-2-6-20-10/h9-11H,1-8H2,(H,16,17)(H2,14,15,18). The van der Waals surface area contributed by atoms with E-state index in [0.717, 1.165) is 6.42 Å². The van der Waals surface area contributed by atoms with E-state index in [4.69, 9.17) is 9.84 Å². The van der Waals surface area contributed by atoms with Gasteiger partial charge < -0.3 is 20.5 Å². The number of urea groups is 1. The van der Waals surface area contributed by atoms with Crippen LogP contribution in [0.3, 0.4) is 0 Å². The van der Waals surface area contributed by atoms with E-state index in [9.17, 15) is 9.59 Å². The average Bonchev–Trinajstić information content (AvgIpc) is 2.93. The van der Waals surface area contributed by atoms with Gasteiger partial charge in [-0.2, -0.15) is 11.8 Å². The lowest BCUT2D eigenvalue weighted by Gasteiger charge is -2.21. The van der Waals surface area contributed by atoms with Gasteiger partial charge in [0.05, 0.1) is 6.10 Å². The van der Waals surface area contributed by atoms with Gasteiger partial charge in [-0.05, 0) is 31.4 Å². The van der Waals surface area contributed by atoms with Crippen molar-refractivity contribution in [1.82, 2.24) is 10.6 Å². The number of amides is 2. The van der Waals surface area contributed by atoms with Crippen molar-refractivity contribution in [3.63, 3.8) is 0 Å². The summed E-state index contributed by atoms with van der Waals surface area (Å²) in [6.45, 7) is 1.06. The van der Waals surface area contributed by atoms with E-state index in [1.54, 1.807) is 0 Å². The zero-order chi connectivity index (χ0) is 14.4. The van der Waals surface area contributed by atoms with Gasteiger partial charge in [-0.15, -0.1) is 0 Å². The van der Waals surface area contributed by atoms with Crippen LogP contribution in [-0.2, 0) is 9.53 Å². The Kier molecular flexibility index (Phi) is 5.97. The Labute approximate surface area is 123 Å². The number of nitrogens with one attached hydrogen (secondary N) is 2. The molecule has 2 saturated heterocycles. The van der Waals surface area contributed by atoms with E-state index in [2.05, 4.69) is 10.6 Å². The van der Waals surface area contributed by atoms with E-state index in [1.165, 1.54) is 18.6 Å². The summed E-state index contributed by atoms with van der Waals surface area (Å²) in [5.41, 5.74) is 0. The highest BCUT2D eigenvalue weighted by Crippen LogP contribution is 2.24. The molecule has 2 aliphatic rings. The van der Waals surface area contributed by atoms with E-state index < -0.39 is 12.1 Å². The van der Waals surface area contributed by atoms with E-state index >= 15 is 0 Å². The molecule has 114 valence electrons. The summed E-state index contributed by atoms with van der Waals surface area (Å²) in [5.74, 6) is 0.256. The van der Waals surface area contributed by atoms with Gasteiger partial charge in [0.2, 0.25) is 0 Å². The molecule has 2 amide bonds. The molecule has 0 aliphatic carbocycles. The minimum atomic E-state index is -0.925. The Bertz CT molecular complexity index is 347. The number of ether oxygens (including phenoxy) is 1. The van der Waals surface area contributed by atoms with Gasteiger partial charge in [0, 0.05) is 18.3 Å². The molecule has 0 bridgehead atoms. The van der Waals surface area contributed by atoms with Crippen LogP contribution in [0.2, 0.25) is 0 Å². The van der Waals surface area contributed by atoms with Crippen LogP contribution in [0.25, 0.3) is 0 Å². The van der Waals surface area contributed by atoms with Crippen molar-refractivity contribution < 1.29 is 19.4 Å². The molecule has 20 heavy (non-hydrogen) atoms. The second kappa shape index (κ2) is 7.73. The first-order valence-corrected chi connectivity index (χ1v) is 8.21. The molecule has 3 atom stereocenters. The SMILES string of the molecule is O=C(NCC1CCC(C(=O)O)O1)NCC1CCCCS1. The van der Waals surface area contributed by atoms with Crippen LogP contribution in [0.1, 0.15) is 32.1 Å². The third-order valence-corrected chi connectivity index (χ3v) is 5.04. The maximum Gasteiger partial charge on any atom is 0.332 e. The topological polar surface area (TPSA) is 87.7 Å². The van der Waals surface area contributed by atoms with Gasteiger partial charge in [-0.1, -0.05) is 6.42 Å². The summed E-state index contributed by atoms with van der Waals surface area (Å²) < 4.78 is 5.32. The number of aliphatic carboxylic acids is 1. The van der Waals surface area contributed by atoms with Gasteiger partial charge in [0.25, 0.3) is 0 Å². The van der Waals surface area contributed by atoms with Crippen molar-refractivity contribution in [3.8, 4) is 0 Å². The van der Waals surface area contributed by atoms with Crippen LogP contribution < -0.4 is 10.6 Å². The summed E-state index contributed by atoms with van der Waals surface area (Å²) >= 11 is 1.92. The molecule has 2 heterocycles. The van der Waals surface area contributed by atoms with Crippen LogP contribution in [-0.4, -0.2) is 53.4 Å². The van der Waals surface area contributed by atoms with Crippen molar-refractivity contribution in [2.75, 3.05) is 18.8 Å². The fourth-order valence-electron chi connectivity index (χ4n) is 2.48. The predicted octanol–water partition coefficient (Wildman–Crippen LogP) is 1.20. The first-order chi connectivity index (χ1) is 9.65. The third-order valence-electron chi connectivity index (χ3n) is 3.64. The van der Waals surface area contributed by atoms with Crippen LogP contribution in [0.4, 0.5) is 4.79 Å². The predicted molar refractivity (Wildman–Crippen MR) is 77.0 cm³/mol. The van der Waals surface area contributed by atoms with Crippen LogP contribution in [0, 0.1) is 0 Å². The highest BCUT2D eigenvalue weighted by atomic mass is 32.2. The molecule has 0 aromatic heterocycles. The Morgan fingerprint density at radius 3 is 2.60 bits per heavy atom. The van der Waals surface area contributed by atoms with Crippen molar-refractivity contribution in [1.29, 1.82) is 0 Å². The van der Waals surface area contributed by atoms with Gasteiger partial charge in [0.15, 0.2) is 6.10 Å². The molecular weight excluding hydrogens is 280 g/mol. The quantitative estimate of drug-likeness (QED) is 0.710. The molecule has 2 rings (SSSR count). The van der Waals surface area contributed by atoms with Crippen molar-refractivity contribution in [2.45, 2.75) is 49.6 Å². The van der Waals surface area contributed by atoms with E-state index in [0.29, 0.717) is 31.2 Å². The van der Waals surface area contributed by atoms with Gasteiger partial charge in [-0.25, -0.2) is 9.59 Å². The van der Waals surface area contributed by atoms with Crippen molar-refractivity contribution >= 4 is 23.8 Å². The van der Waals surface area contributed by atoms with Crippen LogP contribution in [0.15, 0.2) is 0 Å². The lowest BCUT2D eigenvalue weighted by atomic mass is 10.2. The van der Waals surface area contributed by atoms with E-state index in [-0.39, 0.29) is 12.1 Å². The highest BCUT2D eigenvalue weighted by molar-refractivity contribution is 7.99. The Morgan fingerprint density at radius 2 is 1.95 bits per heavy atom. The van der Waals surface area contributed by atoms with Crippen LogP contribution in [0.5, 0.6) is 0 Å². The fraction of sp³-hybridized carbons (Fsp3) is 0.846. The highest BCUT2D eigenvalue weighted by Gasteiger charge is 2.30. The molecule has 0 spiro atoms. The summed E-state index contributed by atoms with van der Waals surface area (Å²) in [6, 6.07) is -0.196. The number of carboxylic acid groups (broad SMARTS) is 1. The molecule has 3 N–H and O–H groups in total. The zero-order valence-corrected chi connectivity index (χ0v) is 12.3. The van der Waals surface area contributed by atoms with E-state index in [1.807, 2.05) is 11.8 Å². The molecule has 0 saturated carbocycles. The van der Waals surface area contributed by atoms with Gasteiger partial charge in [0.1, 0.15) is 0 Å². The second-order valence-corrected chi connectivity index (χ2v) is 6.65. The minimum Gasteiger partial charge on any atom is -0.479 e. The first kappa shape index (κ1) is 15.4. The Hall–Kier alpha value is -0.950. The molecule has 0 aromatic rings. The van der Waals surface area contributed by atoms with Crippen molar-refractivity contribution in [3.05, 3.63) is 0 Å². The summed E-state index contributed by atoms with van der Waals surface area (Å²) in [4.78, 5) is 22.4. The third kappa shape index (κ3) is 4.86. The summed E-state index contributed by atoms with van der Waals surface area (Å²) in [5, 5.41) is 14.9. The number of carboxylic acids is 1. The zero-order valence-electron chi connectivity index (χ0n) is 11.5. The number of rotatable bonds is 5. The smallest absolute Gasteiger partial charge is 0.332 e. The largest absolute Gasteiger partial charge is 0.479 e. The lowest BCUT2D eigenvalue weighted by molar-refractivity contribution is -0.149. The number of carbonyl (C=O) groups is 2. The molecule has 0 aromatic carbocycles. The Balaban J connectivity index is 1.57. The number of carbonyl (C=O) groups excluding carboxylic acids is 1. The Morgan fingerprint density at radius 1 is 1.15 bits per heavy atom. The molecular formula is C13H22N2O4S. The molecule has 6 nitrogen and oxygen atoms in total. The van der Waals surface area contributed by atoms with Gasteiger partial charge in [-0.3, -0.25) is 0 Å². The second-order valence-electron chi connectivity index (χ2n) is 5.24. The first-order valence-electron chi connectivity index (χ1n) is 7.16. The molecule has 0 radical (unpaired) electrons. The summed E-state index contributed by atoms with van der Waals surface area (Å²) in [6.07, 6.45) is 3.97. The maximum absolute atomic E-state index is 11.7. The molecule has 3 unspecified atom stereocenters. The maximum atomic E-state index is 11.7. The molecule has 7 heteroatoms.